The van der Waals surface area contributed by atoms with Crippen molar-refractivity contribution < 1.29 is 120 Å². The highest BCUT2D eigenvalue weighted by atomic mass is 127. The average Bonchev–Trinajstić information content (AvgIpc) is 1.58. The summed E-state index contributed by atoms with van der Waals surface area (Å²) in [5, 5.41) is 43.1. The minimum atomic E-state index is -2.02. The van der Waals surface area contributed by atoms with Gasteiger partial charge in [-0.15, -0.1) is 0 Å². The fourth-order valence-corrected chi connectivity index (χ4v) is 17.1. The summed E-state index contributed by atoms with van der Waals surface area (Å²) in [6.07, 6.45) is -0.0292. The number of hydrazine groups is 1. The Balaban J connectivity index is 0.977. The van der Waals surface area contributed by atoms with Gasteiger partial charge in [0.25, 0.3) is 23.6 Å². The first-order valence-electron chi connectivity index (χ1n) is 39.3. The Morgan fingerprint density at radius 3 is 1.44 bits per heavy atom. The highest BCUT2D eigenvalue weighted by Crippen LogP contribution is 2.51. The molecular weight excluding hydrogens is 1730 g/mol. The lowest BCUT2D eigenvalue weighted by Crippen LogP contribution is -2.64. The normalized spacial score (nSPS) is 29.7. The maximum absolute atomic E-state index is 15.0. The maximum Gasteiger partial charge on any atom is 0.409 e. The number of methoxy groups -OCH3 is 4. The van der Waals surface area contributed by atoms with Gasteiger partial charge < -0.3 is 77.6 Å². The second-order valence-electron chi connectivity index (χ2n) is 31.5. The number of hydrogen-bond acceptors (Lipinski definition) is 26. The number of benzene rings is 2. The van der Waals surface area contributed by atoms with Crippen LogP contribution in [0.1, 0.15) is 111 Å². The molecular formula is C83H107Cl2IN10O25. The number of imide groups is 2. The van der Waals surface area contributed by atoms with E-state index in [-0.39, 0.29) is 45.8 Å². The lowest BCUT2D eigenvalue weighted by molar-refractivity contribution is -0.168. The second kappa shape index (κ2) is 40.0. The average molecular weight is 1840 g/mol. The molecule has 6 bridgehead atoms. The van der Waals surface area contributed by atoms with Crippen LogP contribution >= 0.6 is 45.8 Å². The molecule has 0 spiro atoms. The Hall–Kier alpha value is -9.22. The lowest BCUT2D eigenvalue weighted by Gasteiger charge is -2.41. The molecule has 16 atom stereocenters. The molecule has 9 rings (SSSR count). The first kappa shape index (κ1) is 95.6. The summed E-state index contributed by atoms with van der Waals surface area (Å²) in [5.41, 5.74) is -3.44. The number of nitrogens with zero attached hydrogens (tertiary/aromatic N) is 8. The van der Waals surface area contributed by atoms with Gasteiger partial charge >= 0.3 is 18.0 Å². The molecule has 0 aromatic heterocycles. The van der Waals surface area contributed by atoms with E-state index in [0.717, 1.165) is 65.1 Å². The third-order valence-corrected chi connectivity index (χ3v) is 25.6. The summed E-state index contributed by atoms with van der Waals surface area (Å²) in [6.45, 7) is 8.56. The van der Waals surface area contributed by atoms with E-state index in [9.17, 15) is 77.6 Å². The minimum Gasteiger partial charge on any atom is -0.495 e. The van der Waals surface area contributed by atoms with E-state index in [2.05, 4.69) is 10.6 Å². The smallest absolute Gasteiger partial charge is 0.409 e. The molecule has 0 saturated carbocycles. The number of epoxide rings is 2. The Morgan fingerprint density at radius 1 is 0.628 bits per heavy atom. The number of halogens is 3. The number of ether oxygens (including phenoxy) is 9. The van der Waals surface area contributed by atoms with Gasteiger partial charge in [0, 0.05) is 124 Å². The van der Waals surface area contributed by atoms with Gasteiger partial charge in [-0.05, 0) is 96.8 Å². The predicted octanol–water partition coefficient (Wildman–Crippen LogP) is 4.66. The third-order valence-electron chi connectivity index (χ3n) is 23.4. The third kappa shape index (κ3) is 21.9. The number of alkyl carbamates (subject to hydrolysis) is 1. The van der Waals surface area contributed by atoms with Crippen LogP contribution in [-0.4, -0.2) is 299 Å². The fourth-order valence-electron chi connectivity index (χ4n) is 15.2. The van der Waals surface area contributed by atoms with Crippen LogP contribution in [0.25, 0.3) is 0 Å². The van der Waals surface area contributed by atoms with Crippen molar-refractivity contribution in [3.8, 4) is 11.5 Å². The predicted molar refractivity (Wildman–Crippen MR) is 446 cm³/mol. The Kier molecular flexibility index (Phi) is 31.6. The number of hydrogen-bond donors (Lipinski definition) is 5. The van der Waals surface area contributed by atoms with E-state index >= 15 is 0 Å². The lowest BCUT2D eigenvalue weighted by atomic mass is 9.84. The number of esters is 2. The van der Waals surface area contributed by atoms with Gasteiger partial charge in [0.2, 0.25) is 35.4 Å². The van der Waals surface area contributed by atoms with Gasteiger partial charge in [0.05, 0.1) is 67.7 Å². The molecule has 11 amide bonds. The quantitative estimate of drug-likeness (QED) is 0.0147. The molecule has 2 aromatic rings. The zero-order valence-corrected chi connectivity index (χ0v) is 74.1. The minimum absolute atomic E-state index is 0.0770. The molecule has 121 heavy (non-hydrogen) atoms. The number of carbonyl (C=O) groups is 13. The van der Waals surface area contributed by atoms with Gasteiger partial charge in [0.15, 0.2) is 5.72 Å². The highest BCUT2D eigenvalue weighted by molar-refractivity contribution is 14.1. The molecule has 5 N–H and O–H groups in total. The van der Waals surface area contributed by atoms with Crippen molar-refractivity contribution in [1.82, 2.24) is 40.3 Å². The van der Waals surface area contributed by atoms with Crippen molar-refractivity contribution in [3.05, 3.63) is 117 Å². The zero-order valence-electron chi connectivity index (χ0n) is 70.4. The molecule has 38 heteroatoms. The van der Waals surface area contributed by atoms with E-state index in [1.54, 1.807) is 75.4 Å². The van der Waals surface area contributed by atoms with Crippen LogP contribution in [0.2, 0.25) is 10.0 Å². The van der Waals surface area contributed by atoms with Crippen LogP contribution in [0.4, 0.5) is 16.2 Å². The summed E-state index contributed by atoms with van der Waals surface area (Å²) in [6, 6.07) is 3.78. The van der Waals surface area contributed by atoms with Crippen molar-refractivity contribution >= 4 is 134 Å². The summed E-state index contributed by atoms with van der Waals surface area (Å²) >= 11 is 15.8. The van der Waals surface area contributed by atoms with Crippen LogP contribution in [0.3, 0.4) is 0 Å². The van der Waals surface area contributed by atoms with E-state index in [0.29, 0.717) is 24.0 Å². The Bertz CT molecular complexity index is 4530. The zero-order chi connectivity index (χ0) is 89.4. The van der Waals surface area contributed by atoms with Crippen molar-refractivity contribution in [2.24, 2.45) is 5.92 Å². The number of likely N-dealkylation sites (N-methyl/N-ethyl adjacent to an activating group) is 3. The van der Waals surface area contributed by atoms with E-state index in [1.165, 1.54) is 87.3 Å². The number of fused-ring (bicyclic) bond motifs is 8. The second-order valence-corrected chi connectivity index (χ2v) is 33.7. The number of nitrogens with one attached hydrogen (secondary N) is 2. The first-order valence-corrected chi connectivity index (χ1v) is 41.3. The SMILES string of the molecule is CN[C@]1(O)CC(O)[C@@H](C)[C@H]2O[C@@]2(C)[C@@H](OC(=O)[C@H](C)N(C)C(=O)CCN(C(=O)CCN2C(=O)C=CC2=O)N(CCC(=O)N(C)[C@@H](C)C(=O)O[C@H]2CC(=O)N(C)c3cc(cc(OC)c3Cl)C/C(C)=C/C=C/[C@@H](OC)[C@@]3(O)CC(OC(=O)N3)[C@@H](I)[C@H]3O[C@@]23C)C(=O)CCN2C(=O)C=CC2=O)CC(=O)N(C)c2cc(cc(OC)c2Cl)C/C(C)=C/C=C/[C@H]1OC. The molecule has 2 unspecified atom stereocenters. The van der Waals surface area contributed by atoms with Gasteiger partial charge in [0.1, 0.15) is 87.2 Å². The Morgan fingerprint density at radius 2 is 1.03 bits per heavy atom. The largest absolute Gasteiger partial charge is 0.495 e. The number of alkyl halides is 1. The highest BCUT2D eigenvalue weighted by Gasteiger charge is 2.66. The molecule has 3 saturated heterocycles. The summed E-state index contributed by atoms with van der Waals surface area (Å²) in [4.78, 5) is 190. The molecule has 35 nitrogen and oxygen atoms in total. The molecule has 7 aliphatic heterocycles. The molecule has 7 heterocycles. The number of aliphatic hydroxyl groups is 3. The van der Waals surface area contributed by atoms with E-state index < -0.39 is 235 Å². The van der Waals surface area contributed by atoms with Crippen LogP contribution in [0.5, 0.6) is 11.5 Å². The topological polar surface area (TPSA) is 422 Å². The molecule has 660 valence electrons. The van der Waals surface area contributed by atoms with Crippen molar-refractivity contribution in [2.45, 2.75) is 200 Å². The summed E-state index contributed by atoms with van der Waals surface area (Å²) in [7, 11) is 12.5. The van der Waals surface area contributed by atoms with Gasteiger partial charge in [-0.2, -0.15) is 0 Å². The fraction of sp³-hybridized carbons (Fsp3) is 0.554. The number of carbonyl (C=O) groups excluding carboxylic acids is 13. The monoisotopic (exact) mass is 1840 g/mol. The number of allylic oxidation sites excluding steroid dienone is 6. The van der Waals surface area contributed by atoms with Crippen LogP contribution in [0, 0.1) is 5.92 Å². The van der Waals surface area contributed by atoms with Crippen molar-refractivity contribution in [3.63, 3.8) is 0 Å². The maximum atomic E-state index is 15.0. The molecule has 2 aromatic carbocycles. The number of anilines is 2. The summed E-state index contributed by atoms with van der Waals surface area (Å²) in [5.74, 6) is -10.6. The number of amides is 11. The molecule has 0 radical (unpaired) electrons. The standard InChI is InChI=1S/C83H107Cl2IN10O25/c1-45-19-17-21-58(115-15)82(111,87-8)43-54(97)47(3)75-80(6,120-75)60(41-70(106)91(11)52-37-50(35-45)39-55(113-13)72(52)84)118-77(108)48(4)89(9)62(98)29-33-95(68(104)27-31-93-64(100)23-24-65(93)101)96(69(105)28-32-94-66(102)25-26-67(94)103)34-30-63(99)90(10)49(5)78(109)119-61-42-71(107)92(12)53-38-51(40-56(114-14)73(53)85)36-46(2)20-18-22-59(116-16)83(112)44-57(117-79(110)88-83)74(86)76-81(61,7)121-76/h17-26,37-40,47-49,54,57-61,74-76,87,97,111-112H,27-36,41-44H2,1-16H3,(H,88,110)/b21-17+,22-18+,45-19+,46-20+/t47-,48+,49+,54?,57?,58-,59-,60+,61+,74-,75-,76-,80+,81+,82+,83+/m1/s1. The molecule has 0 aliphatic carbocycles. The molecule has 3 fully saturated rings. The van der Waals surface area contributed by atoms with Gasteiger partial charge in [-0.1, -0.05) is 100 Å². The van der Waals surface area contributed by atoms with E-state index in [1.807, 2.05) is 42.5 Å². The first-order chi connectivity index (χ1) is 56.9. The van der Waals surface area contributed by atoms with Crippen LogP contribution in [0.15, 0.2) is 96.2 Å². The summed E-state index contributed by atoms with van der Waals surface area (Å²) < 4.78 is 52.9. The van der Waals surface area contributed by atoms with Gasteiger partial charge in [-0.25, -0.2) is 14.4 Å². The van der Waals surface area contributed by atoms with E-state index in [4.69, 9.17) is 65.8 Å². The van der Waals surface area contributed by atoms with Gasteiger partial charge in [-0.3, -0.25) is 78.4 Å². The number of rotatable bonds is 23. The van der Waals surface area contributed by atoms with Crippen LogP contribution in [-0.2, 0) is 104 Å². The Labute approximate surface area is 725 Å². The van der Waals surface area contributed by atoms with Crippen LogP contribution < -0.4 is 29.9 Å². The number of aliphatic hydroxyl groups excluding tert-OH is 1. The van der Waals surface area contributed by atoms with Crippen molar-refractivity contribution in [1.29, 1.82) is 0 Å². The molecule has 7 aliphatic rings. The van der Waals surface area contributed by atoms with Crippen molar-refractivity contribution in [2.75, 3.05) is 99.7 Å².